The third-order valence-corrected chi connectivity index (χ3v) is 2.85. The second-order valence-electron chi connectivity index (χ2n) is 4.54. The first-order chi connectivity index (χ1) is 8.72. The maximum atomic E-state index is 4.06. The first kappa shape index (κ1) is 12.7. The Kier molecular flexibility index (Phi) is 4.04. The van der Waals surface area contributed by atoms with Gasteiger partial charge in [0.05, 0.1) is 12.2 Å². The summed E-state index contributed by atoms with van der Waals surface area (Å²) in [6.45, 7) is 8.00. The molecule has 18 heavy (non-hydrogen) atoms. The molecule has 1 aromatic heterocycles. The summed E-state index contributed by atoms with van der Waals surface area (Å²) in [6.07, 6.45) is 0. The summed E-state index contributed by atoms with van der Waals surface area (Å²) in [7, 11) is 0. The zero-order chi connectivity index (χ0) is 13.0. The largest absolute Gasteiger partial charge is 0.310 e. The molecule has 1 heterocycles. The highest BCUT2D eigenvalue weighted by Crippen LogP contribution is 2.17. The van der Waals surface area contributed by atoms with Gasteiger partial charge >= 0.3 is 0 Å². The lowest BCUT2D eigenvalue weighted by molar-refractivity contribution is 0.663. The number of hydrogen-bond acceptors (Lipinski definition) is 4. The van der Waals surface area contributed by atoms with Gasteiger partial charge in [0, 0.05) is 0 Å². The van der Waals surface area contributed by atoms with Gasteiger partial charge in [0.25, 0.3) is 0 Å². The predicted molar refractivity (Wildman–Crippen MR) is 70.6 cm³/mol. The van der Waals surface area contributed by atoms with Crippen LogP contribution in [0.1, 0.15) is 38.1 Å². The highest BCUT2D eigenvalue weighted by molar-refractivity contribution is 5.36. The maximum absolute atomic E-state index is 4.06. The minimum atomic E-state index is 0.499. The Hall–Kier alpha value is -1.75. The molecular formula is C13H19N5. The van der Waals surface area contributed by atoms with Gasteiger partial charge in [-0.15, -0.1) is 5.10 Å². The molecule has 0 bridgehead atoms. The number of tetrazole rings is 1. The van der Waals surface area contributed by atoms with E-state index in [0.717, 1.165) is 18.1 Å². The molecule has 1 N–H and O–H groups in total. The zero-order valence-corrected chi connectivity index (χ0v) is 11.1. The number of nitrogens with zero attached hydrogens (tertiary/aromatic N) is 4. The molecule has 5 nitrogen and oxygen atoms in total. The van der Waals surface area contributed by atoms with E-state index in [1.165, 1.54) is 5.56 Å². The van der Waals surface area contributed by atoms with Crippen molar-refractivity contribution in [1.82, 2.24) is 25.5 Å². The van der Waals surface area contributed by atoms with Crippen LogP contribution in [0, 0.1) is 0 Å². The fourth-order valence-corrected chi connectivity index (χ4v) is 1.77. The van der Waals surface area contributed by atoms with Crippen LogP contribution in [0.2, 0.25) is 0 Å². The quantitative estimate of drug-likeness (QED) is 0.874. The van der Waals surface area contributed by atoms with E-state index >= 15 is 0 Å². The van der Waals surface area contributed by atoms with Crippen LogP contribution in [0.4, 0.5) is 0 Å². The van der Waals surface area contributed by atoms with Gasteiger partial charge in [-0.1, -0.05) is 32.9 Å². The van der Waals surface area contributed by atoms with E-state index in [9.17, 15) is 0 Å². The van der Waals surface area contributed by atoms with Gasteiger partial charge in [0.15, 0.2) is 5.82 Å². The van der Waals surface area contributed by atoms with Gasteiger partial charge in [-0.2, -0.15) is 4.68 Å². The molecule has 96 valence electrons. The van der Waals surface area contributed by atoms with E-state index < -0.39 is 0 Å². The first-order valence-electron chi connectivity index (χ1n) is 6.30. The van der Waals surface area contributed by atoms with E-state index in [2.05, 4.69) is 53.7 Å². The monoisotopic (exact) mass is 245 g/mol. The minimum Gasteiger partial charge on any atom is -0.310 e. The number of aromatic nitrogens is 4. The normalized spacial score (nSPS) is 11.1. The molecule has 1 aromatic carbocycles. The Bertz CT molecular complexity index is 504. The van der Waals surface area contributed by atoms with Gasteiger partial charge in [-0.3, -0.25) is 0 Å². The molecule has 0 saturated heterocycles. The summed E-state index contributed by atoms with van der Waals surface area (Å²) < 4.78 is 1.79. The Morgan fingerprint density at radius 2 is 2.17 bits per heavy atom. The van der Waals surface area contributed by atoms with Crippen molar-refractivity contribution in [2.75, 3.05) is 6.54 Å². The van der Waals surface area contributed by atoms with E-state index in [1.807, 2.05) is 12.1 Å². The molecule has 5 heteroatoms. The first-order valence-corrected chi connectivity index (χ1v) is 6.30. The highest BCUT2D eigenvalue weighted by atomic mass is 15.5. The van der Waals surface area contributed by atoms with Crippen molar-refractivity contribution < 1.29 is 0 Å². The molecule has 0 aliphatic carbocycles. The molecule has 0 fully saturated rings. The summed E-state index contributed by atoms with van der Waals surface area (Å²) in [4.78, 5) is 0. The lowest BCUT2D eigenvalue weighted by Gasteiger charge is -2.09. The van der Waals surface area contributed by atoms with Crippen molar-refractivity contribution in [2.45, 2.75) is 33.2 Å². The van der Waals surface area contributed by atoms with Crippen LogP contribution in [-0.2, 0) is 6.54 Å². The summed E-state index contributed by atoms with van der Waals surface area (Å²) in [5.74, 6) is 1.33. The standard InChI is InChI=1S/C13H19N5/c1-4-14-9-13-15-16-17-18(13)12-7-5-6-11(8-12)10(2)3/h5-8,10,14H,4,9H2,1-3H3. The van der Waals surface area contributed by atoms with Crippen molar-refractivity contribution >= 4 is 0 Å². The molecule has 2 aromatic rings. The molecule has 0 spiro atoms. The van der Waals surface area contributed by atoms with Crippen molar-refractivity contribution in [1.29, 1.82) is 0 Å². The topological polar surface area (TPSA) is 55.6 Å². The van der Waals surface area contributed by atoms with E-state index in [-0.39, 0.29) is 0 Å². The number of rotatable bonds is 5. The fraction of sp³-hybridized carbons (Fsp3) is 0.462. The van der Waals surface area contributed by atoms with Crippen LogP contribution in [0.3, 0.4) is 0 Å². The van der Waals surface area contributed by atoms with Crippen molar-refractivity contribution in [3.8, 4) is 5.69 Å². The van der Waals surface area contributed by atoms with Crippen LogP contribution < -0.4 is 5.32 Å². The smallest absolute Gasteiger partial charge is 0.170 e. The van der Waals surface area contributed by atoms with Crippen LogP contribution >= 0.6 is 0 Å². The second kappa shape index (κ2) is 5.73. The second-order valence-corrected chi connectivity index (χ2v) is 4.54. The van der Waals surface area contributed by atoms with Gasteiger partial charge in [-0.05, 0) is 40.6 Å². The summed E-state index contributed by atoms with van der Waals surface area (Å²) in [5.41, 5.74) is 2.30. The lowest BCUT2D eigenvalue weighted by atomic mass is 10.0. The third-order valence-electron chi connectivity index (χ3n) is 2.85. The average Bonchev–Trinajstić information content (AvgIpc) is 2.84. The highest BCUT2D eigenvalue weighted by Gasteiger charge is 2.08. The molecule has 2 rings (SSSR count). The summed E-state index contributed by atoms with van der Waals surface area (Å²) in [6, 6.07) is 8.33. The van der Waals surface area contributed by atoms with Gasteiger partial charge in [0.2, 0.25) is 0 Å². The SMILES string of the molecule is CCNCc1nnnn1-c1cccc(C(C)C)c1. The van der Waals surface area contributed by atoms with E-state index in [0.29, 0.717) is 12.5 Å². The number of nitrogens with one attached hydrogen (secondary N) is 1. The maximum Gasteiger partial charge on any atom is 0.170 e. The van der Waals surface area contributed by atoms with Crippen LogP contribution in [0.5, 0.6) is 0 Å². The molecule has 0 aliphatic rings. The Morgan fingerprint density at radius 3 is 2.89 bits per heavy atom. The third kappa shape index (κ3) is 2.73. The molecule has 0 unspecified atom stereocenters. The van der Waals surface area contributed by atoms with Crippen LogP contribution in [0.25, 0.3) is 5.69 Å². The number of benzene rings is 1. The molecule has 0 saturated carbocycles. The molecular weight excluding hydrogens is 226 g/mol. The summed E-state index contributed by atoms with van der Waals surface area (Å²) >= 11 is 0. The Labute approximate surface area is 107 Å². The fourth-order valence-electron chi connectivity index (χ4n) is 1.77. The Morgan fingerprint density at radius 1 is 1.33 bits per heavy atom. The van der Waals surface area contributed by atoms with Crippen LogP contribution in [-0.4, -0.2) is 26.8 Å². The van der Waals surface area contributed by atoms with Crippen molar-refractivity contribution in [3.05, 3.63) is 35.7 Å². The lowest BCUT2D eigenvalue weighted by Crippen LogP contribution is -2.16. The zero-order valence-electron chi connectivity index (χ0n) is 11.1. The van der Waals surface area contributed by atoms with Crippen molar-refractivity contribution in [2.24, 2.45) is 0 Å². The van der Waals surface area contributed by atoms with Gasteiger partial charge in [0.1, 0.15) is 0 Å². The molecule has 0 radical (unpaired) electrons. The molecule has 0 amide bonds. The Balaban J connectivity index is 2.30. The number of hydrogen-bond donors (Lipinski definition) is 1. The van der Waals surface area contributed by atoms with E-state index in [4.69, 9.17) is 0 Å². The van der Waals surface area contributed by atoms with Gasteiger partial charge < -0.3 is 5.32 Å². The van der Waals surface area contributed by atoms with Crippen molar-refractivity contribution in [3.63, 3.8) is 0 Å². The summed E-state index contributed by atoms with van der Waals surface area (Å²) in [5, 5.41) is 15.1. The van der Waals surface area contributed by atoms with E-state index in [1.54, 1.807) is 4.68 Å². The average molecular weight is 245 g/mol. The van der Waals surface area contributed by atoms with Crippen LogP contribution in [0.15, 0.2) is 24.3 Å². The molecule has 0 atom stereocenters. The minimum absolute atomic E-state index is 0.499. The van der Waals surface area contributed by atoms with Gasteiger partial charge in [-0.25, -0.2) is 0 Å². The molecule has 0 aliphatic heterocycles. The predicted octanol–water partition coefficient (Wildman–Crippen LogP) is 1.90.